The van der Waals surface area contributed by atoms with Gasteiger partial charge in [-0.1, -0.05) is 44.8 Å². The third-order valence-corrected chi connectivity index (χ3v) is 5.54. The fraction of sp³-hybridized carbons (Fsp3) is 0.889. The van der Waals surface area contributed by atoms with Crippen LogP contribution in [0.5, 0.6) is 0 Å². The van der Waals surface area contributed by atoms with Crippen molar-refractivity contribution in [2.24, 2.45) is 11.1 Å². The summed E-state index contributed by atoms with van der Waals surface area (Å²) in [4.78, 5) is 0. The highest BCUT2D eigenvalue weighted by Crippen LogP contribution is 2.44. The maximum absolute atomic E-state index is 6.51. The first-order chi connectivity index (χ1) is 9.46. The molecule has 1 saturated heterocycles. The molecule has 20 heavy (non-hydrogen) atoms. The maximum atomic E-state index is 6.51. The molecule has 0 amide bonds. The Morgan fingerprint density at radius 3 is 2.65 bits per heavy atom. The molecule has 0 aromatic heterocycles. The Labute approximate surface area is 124 Å². The first-order valence-electron chi connectivity index (χ1n) is 8.59. The highest BCUT2D eigenvalue weighted by Gasteiger charge is 2.41. The topological polar surface area (TPSA) is 35.2 Å². The molecule has 0 aromatic rings. The molecule has 2 heteroatoms. The molecule has 3 aliphatic rings. The number of nitrogens with two attached hydrogens (primary N) is 1. The summed E-state index contributed by atoms with van der Waals surface area (Å²) in [5.41, 5.74) is 8.37. The number of hydrogen-bond donors (Lipinski definition) is 1. The van der Waals surface area contributed by atoms with E-state index in [0.717, 1.165) is 12.8 Å². The fourth-order valence-electron chi connectivity index (χ4n) is 4.78. The zero-order valence-electron chi connectivity index (χ0n) is 13.3. The van der Waals surface area contributed by atoms with E-state index >= 15 is 0 Å². The Morgan fingerprint density at radius 2 is 1.95 bits per heavy atom. The van der Waals surface area contributed by atoms with Crippen LogP contribution >= 0.6 is 0 Å². The van der Waals surface area contributed by atoms with Crippen LogP contribution in [-0.2, 0) is 4.74 Å². The average Bonchev–Trinajstić information content (AvgIpc) is 2.70. The van der Waals surface area contributed by atoms with Gasteiger partial charge in [-0.05, 0) is 50.4 Å². The van der Waals surface area contributed by atoms with Crippen molar-refractivity contribution in [3.8, 4) is 0 Å². The summed E-state index contributed by atoms with van der Waals surface area (Å²) in [5, 5.41) is 0. The van der Waals surface area contributed by atoms with Crippen LogP contribution < -0.4 is 5.73 Å². The van der Waals surface area contributed by atoms with E-state index in [-0.39, 0.29) is 11.6 Å². The molecule has 1 spiro atoms. The molecule has 0 aromatic carbocycles. The van der Waals surface area contributed by atoms with E-state index in [9.17, 15) is 0 Å². The van der Waals surface area contributed by atoms with Crippen molar-refractivity contribution >= 4 is 0 Å². The highest BCUT2D eigenvalue weighted by atomic mass is 16.5. The molecule has 2 fully saturated rings. The molecule has 3 rings (SSSR count). The van der Waals surface area contributed by atoms with Crippen molar-refractivity contribution in [3.63, 3.8) is 0 Å². The summed E-state index contributed by atoms with van der Waals surface area (Å²) in [6.07, 6.45) is 15.5. The van der Waals surface area contributed by atoms with Gasteiger partial charge in [0.05, 0.1) is 11.7 Å². The molecule has 2 nitrogen and oxygen atoms in total. The Morgan fingerprint density at radius 1 is 1.20 bits per heavy atom. The van der Waals surface area contributed by atoms with Crippen LogP contribution in [0.4, 0.5) is 0 Å². The van der Waals surface area contributed by atoms with Crippen molar-refractivity contribution in [2.75, 3.05) is 0 Å². The van der Waals surface area contributed by atoms with Crippen molar-refractivity contribution in [2.45, 2.75) is 95.8 Å². The van der Waals surface area contributed by atoms with Gasteiger partial charge < -0.3 is 10.5 Å². The molecule has 2 aliphatic carbocycles. The largest absolute Gasteiger partial charge is 0.371 e. The van der Waals surface area contributed by atoms with Crippen LogP contribution in [-0.4, -0.2) is 17.7 Å². The quantitative estimate of drug-likeness (QED) is 0.762. The average molecular weight is 277 g/mol. The van der Waals surface area contributed by atoms with Gasteiger partial charge in [0.15, 0.2) is 0 Å². The zero-order chi connectivity index (χ0) is 14.2. The predicted octanol–water partition coefficient (Wildman–Crippen LogP) is 4.33. The minimum atomic E-state index is 0.249. The van der Waals surface area contributed by atoms with Crippen LogP contribution in [0.15, 0.2) is 11.6 Å². The third-order valence-electron chi connectivity index (χ3n) is 5.54. The van der Waals surface area contributed by atoms with Gasteiger partial charge in [-0.15, -0.1) is 0 Å². The monoisotopic (exact) mass is 277 g/mol. The van der Waals surface area contributed by atoms with Gasteiger partial charge in [0.1, 0.15) is 0 Å². The van der Waals surface area contributed by atoms with Gasteiger partial charge in [-0.25, -0.2) is 0 Å². The van der Waals surface area contributed by atoms with Crippen molar-refractivity contribution in [1.29, 1.82) is 0 Å². The summed E-state index contributed by atoms with van der Waals surface area (Å²) in [6.45, 7) is 4.69. The fourth-order valence-corrected chi connectivity index (χ4v) is 4.78. The second kappa shape index (κ2) is 5.46. The lowest BCUT2D eigenvalue weighted by Crippen LogP contribution is -2.33. The zero-order valence-corrected chi connectivity index (χ0v) is 13.3. The lowest BCUT2D eigenvalue weighted by atomic mass is 9.74. The van der Waals surface area contributed by atoms with Gasteiger partial charge in [0, 0.05) is 6.04 Å². The molecule has 2 atom stereocenters. The van der Waals surface area contributed by atoms with Crippen molar-refractivity contribution < 1.29 is 4.74 Å². The molecule has 0 bridgehead atoms. The van der Waals surface area contributed by atoms with Crippen molar-refractivity contribution in [3.05, 3.63) is 11.6 Å². The van der Waals surface area contributed by atoms with E-state index in [1.807, 2.05) is 0 Å². The lowest BCUT2D eigenvalue weighted by Gasteiger charge is -2.35. The van der Waals surface area contributed by atoms with Gasteiger partial charge in [0.25, 0.3) is 0 Å². The smallest absolute Gasteiger partial charge is 0.0687 e. The third kappa shape index (κ3) is 3.28. The molecule has 2 N–H and O–H groups in total. The Kier molecular flexibility index (Phi) is 3.98. The van der Waals surface area contributed by atoms with Crippen LogP contribution in [0.1, 0.15) is 78.1 Å². The highest BCUT2D eigenvalue weighted by molar-refractivity contribution is 5.15. The summed E-state index contributed by atoms with van der Waals surface area (Å²) in [6, 6.07) is 0.249. The minimum absolute atomic E-state index is 0.249. The van der Waals surface area contributed by atoms with Gasteiger partial charge in [-0.3, -0.25) is 0 Å². The van der Waals surface area contributed by atoms with E-state index in [2.05, 4.69) is 19.9 Å². The number of hydrogen-bond acceptors (Lipinski definition) is 2. The standard InChI is InChI=1S/C18H31NO/c1-17(2)12-14(10-15(19)13-17)11-16-6-9-18(20-16)7-4-3-5-8-18/h10,15-16H,3-9,11-13,19H2,1-2H3. The Bertz CT molecular complexity index is 379. The summed E-state index contributed by atoms with van der Waals surface area (Å²) >= 11 is 0. The molecular formula is C18H31NO. The van der Waals surface area contributed by atoms with Gasteiger partial charge in [-0.2, -0.15) is 0 Å². The second-order valence-electron chi connectivity index (χ2n) is 8.26. The van der Waals surface area contributed by atoms with E-state index in [0.29, 0.717) is 11.5 Å². The SMILES string of the molecule is CC1(C)CC(CC2CCC3(CCCCC3)O2)=CC(N)C1. The normalized spacial score (nSPS) is 36.0. The first-order valence-corrected chi connectivity index (χ1v) is 8.59. The second-order valence-corrected chi connectivity index (χ2v) is 8.26. The van der Waals surface area contributed by atoms with Crippen LogP contribution in [0.2, 0.25) is 0 Å². The maximum Gasteiger partial charge on any atom is 0.0687 e. The summed E-state index contributed by atoms with van der Waals surface area (Å²) < 4.78 is 6.51. The number of rotatable bonds is 2. The Hall–Kier alpha value is -0.340. The van der Waals surface area contributed by atoms with Crippen LogP contribution in [0, 0.1) is 5.41 Å². The van der Waals surface area contributed by atoms with Gasteiger partial charge in [0.2, 0.25) is 0 Å². The van der Waals surface area contributed by atoms with Crippen molar-refractivity contribution in [1.82, 2.24) is 0 Å². The van der Waals surface area contributed by atoms with E-state index in [4.69, 9.17) is 10.5 Å². The van der Waals surface area contributed by atoms with E-state index in [1.54, 1.807) is 5.57 Å². The van der Waals surface area contributed by atoms with Gasteiger partial charge >= 0.3 is 0 Å². The molecule has 114 valence electrons. The van der Waals surface area contributed by atoms with Crippen LogP contribution in [0.3, 0.4) is 0 Å². The molecule has 1 aliphatic heterocycles. The molecule has 1 heterocycles. The number of ether oxygens (including phenoxy) is 1. The Balaban J connectivity index is 1.59. The molecule has 0 radical (unpaired) electrons. The van der Waals surface area contributed by atoms with E-state index < -0.39 is 0 Å². The predicted molar refractivity (Wildman–Crippen MR) is 83.6 cm³/mol. The summed E-state index contributed by atoms with van der Waals surface area (Å²) in [5.74, 6) is 0. The molecule has 1 saturated carbocycles. The molecular weight excluding hydrogens is 246 g/mol. The van der Waals surface area contributed by atoms with E-state index in [1.165, 1.54) is 51.4 Å². The minimum Gasteiger partial charge on any atom is -0.371 e. The van der Waals surface area contributed by atoms with Crippen LogP contribution in [0.25, 0.3) is 0 Å². The summed E-state index contributed by atoms with van der Waals surface area (Å²) in [7, 11) is 0. The lowest BCUT2D eigenvalue weighted by molar-refractivity contribution is -0.0633. The molecule has 2 unspecified atom stereocenters. The first kappa shape index (κ1) is 14.6.